The van der Waals surface area contributed by atoms with Gasteiger partial charge in [-0.15, -0.1) is 10.2 Å². The summed E-state index contributed by atoms with van der Waals surface area (Å²) in [7, 11) is 0. The molecule has 1 N–H and O–H groups in total. The minimum absolute atomic E-state index is 0.148. The SMILES string of the molecule is OCOCOc1ccc(-c2c(Cl)nnc(Cl)c2C(F)(F)F)cc1. The Morgan fingerprint density at radius 2 is 1.65 bits per heavy atom. The van der Waals surface area contributed by atoms with Gasteiger partial charge in [0.2, 0.25) is 0 Å². The number of ether oxygens (including phenoxy) is 2. The fourth-order valence-corrected chi connectivity index (χ4v) is 2.26. The van der Waals surface area contributed by atoms with Crippen molar-refractivity contribution in [3.05, 3.63) is 40.1 Å². The minimum Gasteiger partial charge on any atom is -0.467 e. The Labute approximate surface area is 138 Å². The first kappa shape index (κ1) is 17.7. The minimum atomic E-state index is -4.74. The second-order valence-electron chi connectivity index (χ2n) is 4.15. The van der Waals surface area contributed by atoms with Crippen LogP contribution >= 0.6 is 23.2 Å². The molecule has 5 nitrogen and oxygen atoms in total. The second-order valence-corrected chi connectivity index (χ2v) is 4.87. The number of aliphatic hydroxyl groups excluding tert-OH is 1. The third kappa shape index (κ3) is 4.23. The first-order valence-corrected chi connectivity index (χ1v) is 6.81. The fraction of sp³-hybridized carbons (Fsp3) is 0.231. The van der Waals surface area contributed by atoms with Gasteiger partial charge in [-0.25, -0.2) is 0 Å². The highest BCUT2D eigenvalue weighted by Crippen LogP contribution is 2.43. The molecule has 1 aromatic heterocycles. The van der Waals surface area contributed by atoms with Gasteiger partial charge in [0.25, 0.3) is 0 Å². The van der Waals surface area contributed by atoms with Crippen molar-refractivity contribution < 1.29 is 27.8 Å². The number of hydrogen-bond acceptors (Lipinski definition) is 5. The maximum Gasteiger partial charge on any atom is 0.420 e. The third-order valence-corrected chi connectivity index (χ3v) is 3.24. The van der Waals surface area contributed by atoms with Crippen LogP contribution in [-0.2, 0) is 10.9 Å². The van der Waals surface area contributed by atoms with Crippen molar-refractivity contribution in [1.82, 2.24) is 10.2 Å². The van der Waals surface area contributed by atoms with Gasteiger partial charge in [0, 0.05) is 5.56 Å². The molecule has 0 radical (unpaired) electrons. The maximum atomic E-state index is 13.2. The highest BCUT2D eigenvalue weighted by atomic mass is 35.5. The Morgan fingerprint density at radius 1 is 1.04 bits per heavy atom. The van der Waals surface area contributed by atoms with Crippen LogP contribution in [0.15, 0.2) is 24.3 Å². The molecule has 0 aliphatic carbocycles. The van der Waals surface area contributed by atoms with Crippen LogP contribution in [0.5, 0.6) is 5.75 Å². The van der Waals surface area contributed by atoms with Gasteiger partial charge in [-0.1, -0.05) is 35.3 Å². The standard InChI is InChI=1S/C13H9Cl2F3N2O3/c14-11-9(10(13(16,17)18)12(15)20-19-11)7-1-3-8(4-2-7)23-6-22-5-21/h1-4,21H,5-6H2. The lowest BCUT2D eigenvalue weighted by Gasteiger charge is -2.15. The number of aromatic nitrogens is 2. The molecule has 0 bridgehead atoms. The van der Waals surface area contributed by atoms with Crippen LogP contribution in [0.2, 0.25) is 10.3 Å². The van der Waals surface area contributed by atoms with Crippen molar-refractivity contribution in [1.29, 1.82) is 0 Å². The van der Waals surface area contributed by atoms with Crippen molar-refractivity contribution in [2.24, 2.45) is 0 Å². The number of halogens is 5. The molecule has 0 aliphatic heterocycles. The van der Waals surface area contributed by atoms with E-state index in [0.29, 0.717) is 5.75 Å². The molecule has 0 amide bonds. The molecule has 23 heavy (non-hydrogen) atoms. The Kier molecular flexibility index (Phi) is 5.64. The summed E-state index contributed by atoms with van der Waals surface area (Å²) in [5, 5.41) is 13.9. The van der Waals surface area contributed by atoms with Gasteiger partial charge in [-0.05, 0) is 17.7 Å². The largest absolute Gasteiger partial charge is 0.467 e. The van der Waals surface area contributed by atoms with E-state index < -0.39 is 28.8 Å². The summed E-state index contributed by atoms with van der Waals surface area (Å²) in [6.07, 6.45) is -4.74. The average molecular weight is 369 g/mol. The summed E-state index contributed by atoms with van der Waals surface area (Å²) < 4.78 is 49.2. The van der Waals surface area contributed by atoms with Gasteiger partial charge in [0.05, 0.1) is 0 Å². The van der Waals surface area contributed by atoms with E-state index in [0.717, 1.165) is 0 Å². The van der Waals surface area contributed by atoms with Gasteiger partial charge in [0.1, 0.15) is 18.1 Å². The van der Waals surface area contributed by atoms with Crippen LogP contribution in [0, 0.1) is 0 Å². The molecule has 1 aromatic carbocycles. The summed E-state index contributed by atoms with van der Waals surface area (Å²) in [5.74, 6) is 0.333. The molecule has 0 unspecified atom stereocenters. The zero-order valence-electron chi connectivity index (χ0n) is 11.3. The fourth-order valence-electron chi connectivity index (χ4n) is 1.78. The Balaban J connectivity index is 2.40. The molecule has 0 atom stereocenters. The van der Waals surface area contributed by atoms with E-state index >= 15 is 0 Å². The first-order valence-electron chi connectivity index (χ1n) is 6.05. The smallest absolute Gasteiger partial charge is 0.420 e. The van der Waals surface area contributed by atoms with Gasteiger partial charge in [-0.2, -0.15) is 13.2 Å². The summed E-state index contributed by atoms with van der Waals surface area (Å²) in [6.45, 7) is -0.711. The summed E-state index contributed by atoms with van der Waals surface area (Å²) in [6, 6.07) is 5.56. The maximum absolute atomic E-state index is 13.2. The highest BCUT2D eigenvalue weighted by Gasteiger charge is 2.38. The Hall–Kier alpha value is -1.61. The van der Waals surface area contributed by atoms with Crippen LogP contribution in [-0.4, -0.2) is 28.9 Å². The van der Waals surface area contributed by atoms with Crippen LogP contribution in [0.1, 0.15) is 5.56 Å². The molecule has 0 spiro atoms. The lowest BCUT2D eigenvalue weighted by Crippen LogP contribution is -2.11. The van der Waals surface area contributed by atoms with Crippen LogP contribution in [0.25, 0.3) is 11.1 Å². The zero-order chi connectivity index (χ0) is 17.0. The van der Waals surface area contributed by atoms with E-state index in [-0.39, 0.29) is 17.9 Å². The van der Waals surface area contributed by atoms with Crippen molar-refractivity contribution in [2.45, 2.75) is 6.18 Å². The Bertz CT molecular complexity index is 681. The molecule has 1 heterocycles. The van der Waals surface area contributed by atoms with E-state index in [4.69, 9.17) is 33.0 Å². The van der Waals surface area contributed by atoms with Crippen molar-refractivity contribution in [2.75, 3.05) is 13.6 Å². The van der Waals surface area contributed by atoms with Crippen LogP contribution in [0.3, 0.4) is 0 Å². The van der Waals surface area contributed by atoms with Gasteiger partial charge < -0.3 is 14.6 Å². The van der Waals surface area contributed by atoms with Crippen molar-refractivity contribution in [3.63, 3.8) is 0 Å². The quantitative estimate of drug-likeness (QED) is 0.642. The lowest BCUT2D eigenvalue weighted by atomic mass is 10.0. The monoisotopic (exact) mass is 368 g/mol. The second kappa shape index (κ2) is 7.31. The van der Waals surface area contributed by atoms with Crippen LogP contribution < -0.4 is 4.74 Å². The number of nitrogens with zero attached hydrogens (tertiary/aromatic N) is 2. The zero-order valence-corrected chi connectivity index (χ0v) is 12.8. The van der Waals surface area contributed by atoms with E-state index in [1.165, 1.54) is 24.3 Å². The predicted octanol–water partition coefficient (Wildman–Crippen LogP) is 3.77. The first-order chi connectivity index (χ1) is 10.8. The number of benzene rings is 1. The van der Waals surface area contributed by atoms with E-state index in [1.807, 2.05) is 0 Å². The van der Waals surface area contributed by atoms with Crippen LogP contribution in [0.4, 0.5) is 13.2 Å². The summed E-state index contributed by atoms with van der Waals surface area (Å²) in [4.78, 5) is 0. The molecular weight excluding hydrogens is 360 g/mol. The normalized spacial score (nSPS) is 11.6. The predicted molar refractivity (Wildman–Crippen MR) is 76.2 cm³/mol. The number of alkyl halides is 3. The summed E-state index contributed by atoms with van der Waals surface area (Å²) in [5.41, 5.74) is -1.37. The van der Waals surface area contributed by atoms with Gasteiger partial charge in [-0.3, -0.25) is 0 Å². The molecule has 0 fully saturated rings. The summed E-state index contributed by atoms with van der Waals surface area (Å²) >= 11 is 11.3. The molecule has 0 aliphatic rings. The van der Waals surface area contributed by atoms with Gasteiger partial charge in [0.15, 0.2) is 17.1 Å². The molecule has 2 aromatic rings. The molecule has 10 heteroatoms. The molecule has 124 valence electrons. The average Bonchev–Trinajstić information content (AvgIpc) is 2.49. The number of rotatable bonds is 5. The van der Waals surface area contributed by atoms with E-state index in [9.17, 15) is 13.2 Å². The topological polar surface area (TPSA) is 64.5 Å². The van der Waals surface area contributed by atoms with Crippen molar-refractivity contribution in [3.8, 4) is 16.9 Å². The third-order valence-electron chi connectivity index (χ3n) is 2.71. The Morgan fingerprint density at radius 3 is 2.22 bits per heavy atom. The number of aliphatic hydroxyl groups is 1. The molecule has 0 saturated heterocycles. The molecule has 0 saturated carbocycles. The molecule has 2 rings (SSSR count). The lowest BCUT2D eigenvalue weighted by molar-refractivity contribution is -0.137. The van der Waals surface area contributed by atoms with Gasteiger partial charge >= 0.3 is 6.18 Å². The van der Waals surface area contributed by atoms with E-state index in [2.05, 4.69) is 14.9 Å². The van der Waals surface area contributed by atoms with E-state index in [1.54, 1.807) is 0 Å². The van der Waals surface area contributed by atoms with Crippen molar-refractivity contribution >= 4 is 23.2 Å². The number of hydrogen-bond donors (Lipinski definition) is 1. The highest BCUT2D eigenvalue weighted by molar-refractivity contribution is 6.34. The molecular formula is C13H9Cl2F3N2O3.